The van der Waals surface area contributed by atoms with E-state index in [1.165, 1.54) is 61.2 Å². The van der Waals surface area contributed by atoms with Crippen molar-refractivity contribution in [2.45, 2.75) is 115 Å². The van der Waals surface area contributed by atoms with E-state index in [0.717, 1.165) is 46.6 Å². The smallest absolute Gasteiger partial charge is 0.408 e. The van der Waals surface area contributed by atoms with Gasteiger partial charge in [0.2, 0.25) is 32.0 Å². The van der Waals surface area contributed by atoms with Crippen LogP contribution >= 0.6 is 22.7 Å². The minimum Gasteiger partial charge on any atom is -0.496 e. The van der Waals surface area contributed by atoms with Crippen LogP contribution in [0.4, 0.5) is 28.6 Å². The van der Waals surface area contributed by atoms with Gasteiger partial charge in [0.25, 0.3) is 0 Å². The van der Waals surface area contributed by atoms with Gasteiger partial charge in [-0.25, -0.2) is 37.4 Å². The second-order valence-electron chi connectivity index (χ2n) is 23.4. The molecular weight excluding hydrogens is 1070 g/mol. The number of anilines is 2. The minimum atomic E-state index is -0.917. The van der Waals surface area contributed by atoms with Crippen LogP contribution in [-0.4, -0.2) is 142 Å². The molecule has 4 amide bonds. The predicted octanol–water partition coefficient (Wildman–Crippen LogP) is 6.65. The number of fused-ring (bicyclic) bond motifs is 2. The van der Waals surface area contributed by atoms with Crippen LogP contribution in [-0.2, 0) is 19.1 Å². The van der Waals surface area contributed by atoms with Crippen LogP contribution in [0.3, 0.4) is 0 Å². The van der Waals surface area contributed by atoms with E-state index in [-0.39, 0.29) is 36.3 Å². The Morgan fingerprint density at radius 1 is 0.625 bits per heavy atom. The maximum atomic E-state index is 13.9. The molecule has 2 saturated carbocycles. The Bertz CT molecular complexity index is 3230. The van der Waals surface area contributed by atoms with Crippen LogP contribution in [0.2, 0.25) is 0 Å². The van der Waals surface area contributed by atoms with Gasteiger partial charge in [-0.3, -0.25) is 9.59 Å². The van der Waals surface area contributed by atoms with Crippen molar-refractivity contribution in [3.8, 4) is 34.0 Å². The van der Waals surface area contributed by atoms with Gasteiger partial charge < -0.3 is 61.5 Å². The Hall–Kier alpha value is -6.90. The molecule has 0 radical (unpaired) electrons. The molecular formula is C54H72F2N14O8S2. The molecule has 10 rings (SSSR count). The molecule has 4 aromatic heterocycles. The number of aromatic nitrogens is 6. The first-order valence-electron chi connectivity index (χ1n) is 26.8. The van der Waals surface area contributed by atoms with E-state index in [4.69, 9.17) is 40.6 Å². The van der Waals surface area contributed by atoms with E-state index in [1.54, 1.807) is 75.1 Å². The zero-order valence-corrected chi connectivity index (χ0v) is 48.1. The van der Waals surface area contributed by atoms with Crippen molar-refractivity contribution < 1.29 is 46.9 Å². The number of nitrogens with two attached hydrogens (primary N) is 2. The Morgan fingerprint density at radius 2 is 1.07 bits per heavy atom. The number of ether oxygens (including phenoxy) is 4. The topological polar surface area (TPSA) is 272 Å². The molecule has 8 N–H and O–H groups in total. The molecule has 2 saturated heterocycles. The summed E-state index contributed by atoms with van der Waals surface area (Å²) in [6, 6.07) is 8.73. The summed E-state index contributed by atoms with van der Waals surface area (Å²) in [5.74, 6) is -0.171. The predicted molar refractivity (Wildman–Crippen MR) is 300 cm³/mol. The van der Waals surface area contributed by atoms with Crippen LogP contribution in [0.15, 0.2) is 48.8 Å². The quantitative estimate of drug-likeness (QED) is 0.0592. The first-order chi connectivity index (χ1) is 37.9. The van der Waals surface area contributed by atoms with E-state index >= 15 is 0 Å². The van der Waals surface area contributed by atoms with Crippen molar-refractivity contribution in [3.63, 3.8) is 0 Å². The third-order valence-electron chi connectivity index (χ3n) is 15.0. The summed E-state index contributed by atoms with van der Waals surface area (Å²) in [6.45, 7) is 14.2. The summed E-state index contributed by atoms with van der Waals surface area (Å²) in [5, 5.41) is 23.0. The number of alkyl carbamates (subject to hydrolysis) is 2. The van der Waals surface area contributed by atoms with Crippen molar-refractivity contribution in [3.05, 3.63) is 60.4 Å². The fraction of sp³-hybridized carbons (Fsp3) is 0.556. The Balaban J connectivity index is 0.000000205. The molecule has 6 aromatic rings. The Morgan fingerprint density at radius 3 is 1.51 bits per heavy atom. The van der Waals surface area contributed by atoms with Crippen LogP contribution in [0, 0.1) is 22.5 Å². The van der Waals surface area contributed by atoms with Gasteiger partial charge >= 0.3 is 12.2 Å². The largest absolute Gasteiger partial charge is 0.496 e. The van der Waals surface area contributed by atoms with Crippen molar-refractivity contribution in [2.24, 2.45) is 22.3 Å². The summed E-state index contributed by atoms with van der Waals surface area (Å²) in [6.07, 6.45) is 7.78. The summed E-state index contributed by atoms with van der Waals surface area (Å²) < 4.78 is 52.5. The van der Waals surface area contributed by atoms with Crippen LogP contribution in [0.1, 0.15) is 92.9 Å². The Labute approximate surface area is 470 Å². The number of amides is 4. The first-order valence-corrected chi connectivity index (χ1v) is 28.4. The molecule has 432 valence electrons. The fourth-order valence-corrected chi connectivity index (χ4v) is 11.6. The highest BCUT2D eigenvalue weighted by atomic mass is 32.1. The highest BCUT2D eigenvalue weighted by Gasteiger charge is 2.49. The van der Waals surface area contributed by atoms with Crippen molar-refractivity contribution in [1.29, 1.82) is 0 Å². The second-order valence-corrected chi connectivity index (χ2v) is 25.2. The monoisotopic (exact) mass is 1150 g/mol. The van der Waals surface area contributed by atoms with Gasteiger partial charge in [0.1, 0.15) is 34.3 Å². The lowest BCUT2D eigenvalue weighted by atomic mass is 9.77. The number of carbonyl (C=O) groups is 4. The normalized spacial score (nSPS) is 17.9. The molecule has 0 unspecified atom stereocenters. The fourth-order valence-electron chi connectivity index (χ4n) is 9.79. The lowest BCUT2D eigenvalue weighted by molar-refractivity contribution is -0.132. The number of hydrogen-bond acceptors (Lipinski definition) is 18. The summed E-state index contributed by atoms with van der Waals surface area (Å²) in [5.41, 5.74) is 11.4. The molecule has 2 aliphatic carbocycles. The third kappa shape index (κ3) is 13.1. The average Bonchev–Trinajstić information content (AvgIpc) is 4.09. The summed E-state index contributed by atoms with van der Waals surface area (Å²) in [7, 11) is 2.99. The van der Waals surface area contributed by atoms with Gasteiger partial charge in [-0.1, -0.05) is 22.7 Å². The SMILES string of the molecule is COc1cc(F)ccc1-c1cnc2sc(N3CCC(CN)(C(=O)NCC4(N)CC4)CC3)nn12.COc1cc(F)ccc1-c1cnc2sc(N3CCC(CNC(=O)OC(C)(C)C)(C(=O)NCC4(NC(=O)OC(C)(C)C)CC4)CC3)nn12. The van der Waals surface area contributed by atoms with Gasteiger partial charge in [0.05, 0.1) is 54.4 Å². The number of nitrogens with one attached hydrogen (secondary N) is 4. The number of imidazole rings is 2. The highest BCUT2D eigenvalue weighted by Crippen LogP contribution is 2.41. The van der Waals surface area contributed by atoms with E-state index in [0.29, 0.717) is 98.2 Å². The zero-order valence-electron chi connectivity index (χ0n) is 46.5. The molecule has 22 nitrogen and oxygen atoms in total. The van der Waals surface area contributed by atoms with Crippen molar-refractivity contribution in [2.75, 3.05) is 76.4 Å². The molecule has 4 fully saturated rings. The number of halogens is 2. The van der Waals surface area contributed by atoms with Crippen LogP contribution < -0.4 is 52.0 Å². The average molecular weight is 1150 g/mol. The highest BCUT2D eigenvalue weighted by molar-refractivity contribution is 7.20. The maximum Gasteiger partial charge on any atom is 0.408 e. The minimum absolute atomic E-state index is 0.000933. The molecule has 4 aliphatic rings. The van der Waals surface area contributed by atoms with E-state index < -0.39 is 45.6 Å². The number of benzene rings is 2. The molecule has 2 aromatic carbocycles. The van der Waals surface area contributed by atoms with Crippen LogP contribution in [0.5, 0.6) is 11.5 Å². The molecule has 80 heavy (non-hydrogen) atoms. The van der Waals surface area contributed by atoms with E-state index in [2.05, 4.69) is 41.0 Å². The van der Waals surface area contributed by atoms with Crippen molar-refractivity contribution >= 4 is 66.9 Å². The standard InChI is InChI=1S/C32H44FN7O6S.C22H28FN7O2S/c1-29(2,3)45-27(42)36-18-31(24(41)35-19-32(10-11-32)37-28(43)46-30(4,5)6)12-14-39(15-13-31)26-38-40-22(17-34-25(40)47-26)21-9-8-20(33)16-23(21)44-7;1-32-17-10-14(23)2-3-15(17)16-11-26-19-30(16)28-20(33-19)29-8-6-21(12-24,7-9-29)18(31)27-13-22(25)4-5-22/h8-9,16-17H,10-15,18-19H2,1-7H3,(H,35,41)(H,36,42)(H,37,43);2-3,10-11H,4-9,12-13,24-25H2,1H3,(H,27,31). The number of rotatable bonds is 16. The number of hydrogen-bond donors (Lipinski definition) is 6. The van der Waals surface area contributed by atoms with Gasteiger partial charge in [-0.2, -0.15) is 0 Å². The number of nitrogens with zero attached hydrogens (tertiary/aromatic N) is 8. The number of piperidine rings is 2. The van der Waals surface area contributed by atoms with E-state index in [1.807, 2.05) is 0 Å². The zero-order chi connectivity index (χ0) is 57.4. The first kappa shape index (κ1) is 57.8. The van der Waals surface area contributed by atoms with Gasteiger partial charge in [0.15, 0.2) is 0 Å². The number of carbonyl (C=O) groups excluding carboxylic acids is 4. The second kappa shape index (κ2) is 22.6. The molecule has 0 bridgehead atoms. The molecule has 0 atom stereocenters. The maximum absolute atomic E-state index is 13.9. The Kier molecular flexibility index (Phi) is 16.3. The summed E-state index contributed by atoms with van der Waals surface area (Å²) in [4.78, 5) is 66.5. The van der Waals surface area contributed by atoms with E-state index in [9.17, 15) is 28.0 Å². The summed E-state index contributed by atoms with van der Waals surface area (Å²) >= 11 is 2.89. The van der Waals surface area contributed by atoms with Gasteiger partial charge in [-0.05, 0) is 117 Å². The third-order valence-corrected chi connectivity index (χ3v) is 17.0. The van der Waals surface area contributed by atoms with Gasteiger partial charge in [-0.15, -0.1) is 10.2 Å². The number of methoxy groups -OCH3 is 2. The lowest BCUT2D eigenvalue weighted by Gasteiger charge is -2.40. The molecule has 26 heteroatoms. The molecule has 2 aliphatic heterocycles. The van der Waals surface area contributed by atoms with Gasteiger partial charge in [0, 0.05) is 81.2 Å². The lowest BCUT2D eigenvalue weighted by Crippen LogP contribution is -2.56. The molecule has 6 heterocycles. The van der Waals surface area contributed by atoms with Crippen LogP contribution in [0.25, 0.3) is 32.4 Å². The van der Waals surface area contributed by atoms with Crippen molar-refractivity contribution in [1.82, 2.24) is 50.5 Å². The molecule has 0 spiro atoms.